The van der Waals surface area contributed by atoms with Gasteiger partial charge in [0.05, 0.1) is 16.6 Å². The standard InChI is InChI=1S/C38H37F5N8O2/c1-21-26(39)8-6-22-4-2-5-25(30(21)22)33-32(40)34-31-27(47-33)9-7-23-17-44-13-15-50(23)35(31)49-36(48-34)53-19-37-11-3-14-51(37)24(10-12-37)18-52-29-16-28(38(41,42)43)45-20-46-29/h2,4-6,8,16,20,23-24,44H,3,7,9-15,17-19H2,1H3/t23?,24-,37?/m0/s1. The summed E-state index contributed by atoms with van der Waals surface area (Å²) in [6.07, 6.45) is 0.929. The summed E-state index contributed by atoms with van der Waals surface area (Å²) in [5, 5.41) is 5.43. The first kappa shape index (κ1) is 34.0. The number of rotatable bonds is 7. The summed E-state index contributed by atoms with van der Waals surface area (Å²) in [5.41, 5.74) is 0.439. The molecular formula is C38H37F5N8O2. The van der Waals surface area contributed by atoms with Crippen molar-refractivity contribution < 1.29 is 31.4 Å². The summed E-state index contributed by atoms with van der Waals surface area (Å²) in [6.45, 7) is 5.06. The summed E-state index contributed by atoms with van der Waals surface area (Å²) in [4.78, 5) is 26.4. The molecule has 4 aliphatic rings. The molecule has 3 fully saturated rings. The van der Waals surface area contributed by atoms with Crippen LogP contribution >= 0.6 is 0 Å². The van der Waals surface area contributed by atoms with Crippen LogP contribution in [0.5, 0.6) is 11.9 Å². The topological polar surface area (TPSA) is 101 Å². The van der Waals surface area contributed by atoms with Crippen molar-refractivity contribution in [2.24, 2.45) is 0 Å². The predicted octanol–water partition coefficient (Wildman–Crippen LogP) is 6.42. The molecule has 0 aliphatic carbocycles. The number of nitrogens with one attached hydrogen (secondary N) is 1. The van der Waals surface area contributed by atoms with E-state index in [0.29, 0.717) is 46.4 Å². The lowest BCUT2D eigenvalue weighted by Gasteiger charge is -2.36. The Balaban J connectivity index is 1.05. The molecule has 0 bridgehead atoms. The van der Waals surface area contributed by atoms with E-state index in [1.54, 1.807) is 19.1 Å². The second-order valence-electron chi connectivity index (χ2n) is 14.5. The fraction of sp³-hybridized carbons (Fsp3) is 0.447. The van der Waals surface area contributed by atoms with Gasteiger partial charge in [-0.05, 0) is 74.4 Å². The molecule has 10 nitrogen and oxygen atoms in total. The van der Waals surface area contributed by atoms with Crippen molar-refractivity contribution in [3.63, 3.8) is 0 Å². The van der Waals surface area contributed by atoms with Gasteiger partial charge in [0, 0.05) is 43.3 Å². The van der Waals surface area contributed by atoms with Crippen LogP contribution < -0.4 is 19.7 Å². The summed E-state index contributed by atoms with van der Waals surface area (Å²) in [7, 11) is 0. The van der Waals surface area contributed by atoms with E-state index in [2.05, 4.69) is 25.1 Å². The van der Waals surface area contributed by atoms with Gasteiger partial charge in [-0.1, -0.05) is 24.3 Å². The van der Waals surface area contributed by atoms with Crippen molar-refractivity contribution in [2.45, 2.75) is 69.2 Å². The Bertz CT molecular complexity index is 2240. The van der Waals surface area contributed by atoms with Gasteiger partial charge in [-0.3, -0.25) is 4.90 Å². The van der Waals surface area contributed by atoms with Crippen LogP contribution in [0, 0.1) is 18.6 Å². The molecule has 7 heterocycles. The summed E-state index contributed by atoms with van der Waals surface area (Å²) in [6, 6.07) is 9.52. The van der Waals surface area contributed by atoms with E-state index in [1.165, 1.54) is 6.07 Å². The van der Waals surface area contributed by atoms with Crippen LogP contribution in [0.25, 0.3) is 32.9 Å². The third-order valence-electron chi connectivity index (χ3n) is 11.5. The molecule has 2 unspecified atom stereocenters. The summed E-state index contributed by atoms with van der Waals surface area (Å²) < 4.78 is 83.8. The molecule has 15 heteroatoms. The zero-order chi connectivity index (χ0) is 36.5. The molecule has 5 aromatic rings. The van der Waals surface area contributed by atoms with Crippen molar-refractivity contribution in [1.29, 1.82) is 0 Å². The Labute approximate surface area is 301 Å². The first-order valence-electron chi connectivity index (χ1n) is 18.1. The molecule has 0 saturated carbocycles. The molecule has 0 spiro atoms. The number of aromatic nitrogens is 5. The van der Waals surface area contributed by atoms with Gasteiger partial charge in [-0.25, -0.2) is 23.7 Å². The van der Waals surface area contributed by atoms with Gasteiger partial charge < -0.3 is 19.7 Å². The van der Waals surface area contributed by atoms with E-state index in [9.17, 15) is 17.6 Å². The van der Waals surface area contributed by atoms with Gasteiger partial charge in [0.1, 0.15) is 42.4 Å². The minimum atomic E-state index is -4.60. The van der Waals surface area contributed by atoms with Crippen molar-refractivity contribution in [3.8, 4) is 23.1 Å². The number of anilines is 1. The van der Waals surface area contributed by atoms with Crippen LogP contribution in [0.3, 0.4) is 0 Å². The molecule has 3 aromatic heterocycles. The normalized spacial score (nSPS) is 22.9. The van der Waals surface area contributed by atoms with Crippen LogP contribution in [-0.2, 0) is 12.6 Å². The lowest BCUT2D eigenvalue weighted by atomic mass is 9.95. The maximum atomic E-state index is 17.1. The Hall–Kier alpha value is -4.76. The molecule has 53 heavy (non-hydrogen) atoms. The Morgan fingerprint density at radius 3 is 2.74 bits per heavy atom. The molecule has 1 N–H and O–H groups in total. The molecular weight excluding hydrogens is 695 g/mol. The molecule has 2 aromatic carbocycles. The van der Waals surface area contributed by atoms with Gasteiger partial charge in [-0.15, -0.1) is 0 Å². The molecule has 3 saturated heterocycles. The van der Waals surface area contributed by atoms with Crippen LogP contribution in [-0.4, -0.2) is 86.8 Å². The average molecular weight is 733 g/mol. The molecule has 3 atom stereocenters. The fourth-order valence-electron chi connectivity index (χ4n) is 8.91. The fourth-order valence-corrected chi connectivity index (χ4v) is 8.91. The van der Waals surface area contributed by atoms with Gasteiger partial charge in [0.15, 0.2) is 11.5 Å². The summed E-state index contributed by atoms with van der Waals surface area (Å²) >= 11 is 0. The lowest BCUT2D eigenvalue weighted by molar-refractivity contribution is -0.141. The number of pyridine rings is 1. The highest BCUT2D eigenvalue weighted by atomic mass is 19.4. The van der Waals surface area contributed by atoms with Gasteiger partial charge in [0.25, 0.3) is 0 Å². The average Bonchev–Trinajstić information content (AvgIpc) is 3.68. The zero-order valence-electron chi connectivity index (χ0n) is 29.0. The minimum absolute atomic E-state index is 0.0585. The second kappa shape index (κ2) is 13.0. The van der Waals surface area contributed by atoms with Gasteiger partial charge in [-0.2, -0.15) is 23.1 Å². The number of fused-ring (bicyclic) bond motifs is 4. The van der Waals surface area contributed by atoms with E-state index in [0.717, 1.165) is 69.5 Å². The molecule has 4 aliphatic heterocycles. The number of nitrogens with zero attached hydrogens (tertiary/aromatic N) is 7. The zero-order valence-corrected chi connectivity index (χ0v) is 29.0. The smallest absolute Gasteiger partial charge is 0.433 e. The number of hydrogen-bond acceptors (Lipinski definition) is 10. The van der Waals surface area contributed by atoms with E-state index in [4.69, 9.17) is 24.4 Å². The molecule has 0 radical (unpaired) electrons. The molecule has 9 rings (SSSR count). The predicted molar refractivity (Wildman–Crippen MR) is 187 cm³/mol. The number of hydrogen-bond donors (Lipinski definition) is 1. The van der Waals surface area contributed by atoms with Crippen LogP contribution in [0.2, 0.25) is 0 Å². The monoisotopic (exact) mass is 732 g/mol. The maximum absolute atomic E-state index is 17.1. The molecule has 276 valence electrons. The van der Waals surface area contributed by atoms with Crippen molar-refractivity contribution in [3.05, 3.63) is 71.3 Å². The Morgan fingerprint density at radius 2 is 1.87 bits per heavy atom. The Kier molecular flexibility index (Phi) is 8.33. The highest BCUT2D eigenvalue weighted by Crippen LogP contribution is 2.44. The number of alkyl halides is 3. The van der Waals surface area contributed by atoms with Crippen LogP contribution in [0.4, 0.5) is 27.8 Å². The van der Waals surface area contributed by atoms with Crippen molar-refractivity contribution in [1.82, 2.24) is 35.1 Å². The number of halogens is 5. The first-order chi connectivity index (χ1) is 25.6. The van der Waals surface area contributed by atoms with Crippen LogP contribution in [0.15, 0.2) is 42.7 Å². The number of benzene rings is 2. The highest BCUT2D eigenvalue weighted by molar-refractivity contribution is 6.01. The van der Waals surface area contributed by atoms with Crippen LogP contribution in [0.1, 0.15) is 49.1 Å². The number of aryl methyl sites for hydroxylation is 2. The van der Waals surface area contributed by atoms with E-state index >= 15 is 4.39 Å². The third-order valence-corrected chi connectivity index (χ3v) is 11.5. The largest absolute Gasteiger partial charge is 0.476 e. The Morgan fingerprint density at radius 1 is 0.981 bits per heavy atom. The highest BCUT2D eigenvalue weighted by Gasteiger charge is 2.50. The van der Waals surface area contributed by atoms with Gasteiger partial charge in [0.2, 0.25) is 5.88 Å². The SMILES string of the molecule is Cc1c(F)ccc2cccc(-c3nc4c5c(nc(OCC67CCCN6[C@H](COc6cc(C(F)(F)F)ncn6)CC7)nc5c3F)N3CCNCC3CC4)c12. The van der Waals surface area contributed by atoms with Crippen molar-refractivity contribution in [2.75, 3.05) is 44.3 Å². The van der Waals surface area contributed by atoms with E-state index in [1.807, 2.05) is 12.1 Å². The van der Waals surface area contributed by atoms with Gasteiger partial charge >= 0.3 is 12.2 Å². The quantitative estimate of drug-likeness (QED) is 0.189. The maximum Gasteiger partial charge on any atom is 0.433 e. The number of piperazine rings is 1. The summed E-state index contributed by atoms with van der Waals surface area (Å²) in [5.74, 6) is -0.512. The first-order valence-corrected chi connectivity index (χ1v) is 18.1. The minimum Gasteiger partial charge on any atom is -0.476 e. The van der Waals surface area contributed by atoms with E-state index < -0.39 is 17.7 Å². The third kappa shape index (κ3) is 5.88. The van der Waals surface area contributed by atoms with Crippen molar-refractivity contribution >= 4 is 27.5 Å². The second-order valence-corrected chi connectivity index (χ2v) is 14.5. The lowest BCUT2D eigenvalue weighted by Crippen LogP contribution is -2.51. The van der Waals surface area contributed by atoms with E-state index in [-0.39, 0.29) is 59.8 Å². The number of ether oxygens (including phenoxy) is 2. The molecule has 0 amide bonds.